The molecule has 0 fully saturated rings. The van der Waals surface area contributed by atoms with Crippen LogP contribution in [0, 0.1) is 0 Å². The number of hydrogen-bond acceptors (Lipinski definition) is 3. The number of hydrogen-bond donors (Lipinski definition) is 0. The number of ether oxygens (including phenoxy) is 3. The molecular formula is C17H17ClO3. The van der Waals surface area contributed by atoms with Gasteiger partial charge in [0.2, 0.25) is 0 Å². The number of halogens is 1. The highest BCUT2D eigenvalue weighted by Crippen LogP contribution is 2.34. The molecule has 2 aromatic rings. The van der Waals surface area contributed by atoms with Gasteiger partial charge in [-0.3, -0.25) is 0 Å². The van der Waals surface area contributed by atoms with Crippen LogP contribution in [-0.2, 0) is 5.88 Å². The van der Waals surface area contributed by atoms with Gasteiger partial charge in [-0.25, -0.2) is 0 Å². The molecule has 21 heavy (non-hydrogen) atoms. The highest BCUT2D eigenvalue weighted by molar-refractivity contribution is 6.17. The molecule has 1 atom stereocenters. The van der Waals surface area contributed by atoms with Gasteiger partial charge in [-0.2, -0.15) is 0 Å². The van der Waals surface area contributed by atoms with Crippen molar-refractivity contribution < 1.29 is 14.2 Å². The second kappa shape index (κ2) is 6.27. The van der Waals surface area contributed by atoms with Gasteiger partial charge in [0.05, 0.1) is 32.1 Å². The van der Waals surface area contributed by atoms with E-state index in [0.29, 0.717) is 19.1 Å². The lowest BCUT2D eigenvalue weighted by Crippen LogP contribution is -2.12. The summed E-state index contributed by atoms with van der Waals surface area (Å²) in [5, 5.41) is 0. The van der Waals surface area contributed by atoms with Crippen molar-refractivity contribution in [1.29, 1.82) is 0 Å². The first-order valence-electron chi connectivity index (χ1n) is 6.89. The Morgan fingerprint density at radius 3 is 2.90 bits per heavy atom. The van der Waals surface area contributed by atoms with Crippen molar-refractivity contribution in [2.75, 3.05) is 20.3 Å². The number of benzene rings is 2. The maximum Gasteiger partial charge on any atom is 0.123 e. The SMILES string of the molecule is COc1ccc(OCC2COc3ccccc32)c(CCl)c1. The van der Waals surface area contributed by atoms with E-state index in [1.807, 2.05) is 36.4 Å². The molecule has 0 aromatic heterocycles. The Morgan fingerprint density at radius 2 is 2.10 bits per heavy atom. The summed E-state index contributed by atoms with van der Waals surface area (Å²) in [6, 6.07) is 13.8. The largest absolute Gasteiger partial charge is 0.497 e. The fourth-order valence-electron chi connectivity index (χ4n) is 2.49. The molecule has 0 N–H and O–H groups in total. The lowest BCUT2D eigenvalue weighted by Gasteiger charge is -2.14. The van der Waals surface area contributed by atoms with Crippen LogP contribution in [0.3, 0.4) is 0 Å². The van der Waals surface area contributed by atoms with Crippen LogP contribution in [0.5, 0.6) is 17.2 Å². The van der Waals surface area contributed by atoms with Crippen LogP contribution < -0.4 is 14.2 Å². The smallest absolute Gasteiger partial charge is 0.123 e. The molecule has 110 valence electrons. The molecular weight excluding hydrogens is 288 g/mol. The van der Waals surface area contributed by atoms with Crippen LogP contribution in [0.2, 0.25) is 0 Å². The molecule has 0 bridgehead atoms. The van der Waals surface area contributed by atoms with E-state index in [-0.39, 0.29) is 5.92 Å². The molecule has 0 saturated carbocycles. The zero-order chi connectivity index (χ0) is 14.7. The first kappa shape index (κ1) is 14.1. The standard InChI is InChI=1S/C17H17ClO3/c1-19-14-6-7-16(12(8-14)9-18)20-10-13-11-21-17-5-3-2-4-15(13)17/h2-8,13H,9-11H2,1H3. The first-order valence-corrected chi connectivity index (χ1v) is 7.42. The third-order valence-corrected chi connectivity index (χ3v) is 3.94. The molecule has 1 unspecified atom stereocenters. The second-order valence-corrected chi connectivity index (χ2v) is 5.23. The molecule has 1 aliphatic heterocycles. The average Bonchev–Trinajstić information content (AvgIpc) is 2.96. The van der Waals surface area contributed by atoms with Crippen molar-refractivity contribution in [1.82, 2.24) is 0 Å². The predicted octanol–water partition coefficient (Wildman–Crippen LogP) is 3.99. The van der Waals surface area contributed by atoms with E-state index >= 15 is 0 Å². The quantitative estimate of drug-likeness (QED) is 0.782. The second-order valence-electron chi connectivity index (χ2n) is 4.96. The minimum atomic E-state index is 0.256. The summed E-state index contributed by atoms with van der Waals surface area (Å²) in [6.07, 6.45) is 0. The van der Waals surface area contributed by atoms with E-state index in [9.17, 15) is 0 Å². The number of fused-ring (bicyclic) bond motifs is 1. The van der Waals surface area contributed by atoms with Gasteiger partial charge in [0.1, 0.15) is 17.2 Å². The molecule has 1 heterocycles. The van der Waals surface area contributed by atoms with E-state index in [2.05, 4.69) is 6.07 Å². The Hall–Kier alpha value is -1.87. The molecule has 4 heteroatoms. The van der Waals surface area contributed by atoms with Crippen molar-refractivity contribution in [2.45, 2.75) is 11.8 Å². The highest BCUT2D eigenvalue weighted by Gasteiger charge is 2.24. The van der Waals surface area contributed by atoms with Gasteiger partial charge in [-0.05, 0) is 24.3 Å². The van der Waals surface area contributed by atoms with E-state index < -0.39 is 0 Å². The van der Waals surface area contributed by atoms with Crippen molar-refractivity contribution in [3.05, 3.63) is 53.6 Å². The number of alkyl halides is 1. The molecule has 0 spiro atoms. The van der Waals surface area contributed by atoms with Crippen molar-refractivity contribution in [3.8, 4) is 17.2 Å². The van der Waals surface area contributed by atoms with Gasteiger partial charge in [0.25, 0.3) is 0 Å². The summed E-state index contributed by atoms with van der Waals surface area (Å²) < 4.78 is 16.8. The summed E-state index contributed by atoms with van der Waals surface area (Å²) in [6.45, 7) is 1.24. The normalized spacial score (nSPS) is 16.2. The fourth-order valence-corrected chi connectivity index (χ4v) is 2.69. The lowest BCUT2D eigenvalue weighted by molar-refractivity contribution is 0.247. The van der Waals surface area contributed by atoms with Gasteiger partial charge in [0.15, 0.2) is 0 Å². The minimum absolute atomic E-state index is 0.256. The zero-order valence-electron chi connectivity index (χ0n) is 11.8. The van der Waals surface area contributed by atoms with Crippen LogP contribution in [0.15, 0.2) is 42.5 Å². The van der Waals surface area contributed by atoms with Crippen molar-refractivity contribution in [3.63, 3.8) is 0 Å². The summed E-state index contributed by atoms with van der Waals surface area (Å²) >= 11 is 5.98. The molecule has 3 rings (SSSR count). The van der Waals surface area contributed by atoms with Crippen LogP contribution >= 0.6 is 11.6 Å². The van der Waals surface area contributed by atoms with E-state index in [4.69, 9.17) is 25.8 Å². The molecule has 2 aromatic carbocycles. The molecule has 0 aliphatic carbocycles. The van der Waals surface area contributed by atoms with Crippen LogP contribution in [0.4, 0.5) is 0 Å². The molecule has 1 aliphatic rings. The third kappa shape index (κ3) is 2.93. The number of methoxy groups -OCH3 is 1. The Bertz CT molecular complexity index is 627. The molecule has 0 amide bonds. The zero-order valence-corrected chi connectivity index (χ0v) is 12.6. The van der Waals surface area contributed by atoms with E-state index in [0.717, 1.165) is 22.8 Å². The Kier molecular flexibility index (Phi) is 4.20. The van der Waals surface area contributed by atoms with Crippen molar-refractivity contribution in [2.24, 2.45) is 0 Å². The van der Waals surface area contributed by atoms with Gasteiger partial charge >= 0.3 is 0 Å². The summed E-state index contributed by atoms with van der Waals surface area (Å²) in [5.74, 6) is 3.19. The van der Waals surface area contributed by atoms with E-state index in [1.54, 1.807) is 7.11 Å². The van der Waals surface area contributed by atoms with Gasteiger partial charge in [-0.15, -0.1) is 11.6 Å². The predicted molar refractivity (Wildman–Crippen MR) is 82.7 cm³/mol. The minimum Gasteiger partial charge on any atom is -0.497 e. The first-order chi connectivity index (χ1) is 10.3. The van der Waals surface area contributed by atoms with Crippen LogP contribution in [0.25, 0.3) is 0 Å². The monoisotopic (exact) mass is 304 g/mol. The Morgan fingerprint density at radius 1 is 1.24 bits per heavy atom. The fraction of sp³-hybridized carbons (Fsp3) is 0.294. The highest BCUT2D eigenvalue weighted by atomic mass is 35.5. The Labute approximate surface area is 129 Å². The average molecular weight is 305 g/mol. The summed E-state index contributed by atoms with van der Waals surface area (Å²) in [4.78, 5) is 0. The van der Waals surface area contributed by atoms with Crippen molar-refractivity contribution >= 4 is 11.6 Å². The molecule has 3 nitrogen and oxygen atoms in total. The topological polar surface area (TPSA) is 27.7 Å². The summed E-state index contributed by atoms with van der Waals surface area (Å²) in [5.41, 5.74) is 2.14. The number of rotatable bonds is 5. The molecule has 0 saturated heterocycles. The maximum atomic E-state index is 5.98. The third-order valence-electron chi connectivity index (χ3n) is 3.65. The van der Waals surface area contributed by atoms with Gasteiger partial charge in [0, 0.05) is 11.1 Å². The maximum absolute atomic E-state index is 5.98. The number of para-hydroxylation sites is 1. The molecule has 0 radical (unpaired) electrons. The van der Waals surface area contributed by atoms with E-state index in [1.165, 1.54) is 5.56 Å². The van der Waals surface area contributed by atoms with Gasteiger partial charge in [-0.1, -0.05) is 18.2 Å². The summed E-state index contributed by atoms with van der Waals surface area (Å²) in [7, 11) is 1.64. The van der Waals surface area contributed by atoms with Crippen LogP contribution in [0.1, 0.15) is 17.0 Å². The Balaban J connectivity index is 1.71. The van der Waals surface area contributed by atoms with Gasteiger partial charge < -0.3 is 14.2 Å². The van der Waals surface area contributed by atoms with Crippen LogP contribution in [-0.4, -0.2) is 20.3 Å². The lowest BCUT2D eigenvalue weighted by atomic mass is 10.0.